The minimum Gasteiger partial charge on any atom is -0.467 e. The van der Waals surface area contributed by atoms with Crippen molar-refractivity contribution in [2.75, 3.05) is 32.7 Å². The molecule has 0 aromatic carbocycles. The normalized spacial score (nSPS) is 26.1. The highest BCUT2D eigenvalue weighted by Gasteiger charge is 2.37. The van der Waals surface area contributed by atoms with Crippen molar-refractivity contribution in [3.8, 4) is 0 Å². The summed E-state index contributed by atoms with van der Waals surface area (Å²) in [6.45, 7) is 8.91. The van der Waals surface area contributed by atoms with Crippen LogP contribution in [-0.2, 0) is 4.79 Å². The second-order valence-electron chi connectivity index (χ2n) is 6.72. The molecule has 2 unspecified atom stereocenters. The monoisotopic (exact) mass is 305 g/mol. The Hall–Kier alpha value is -1.33. The summed E-state index contributed by atoms with van der Waals surface area (Å²) in [5, 5.41) is 3.39. The zero-order valence-corrected chi connectivity index (χ0v) is 13.6. The molecule has 1 amide bonds. The molecule has 2 atom stereocenters. The highest BCUT2D eigenvalue weighted by atomic mass is 16.3. The molecule has 2 fully saturated rings. The number of hydrogen-bond donors (Lipinski definition) is 1. The second kappa shape index (κ2) is 6.84. The molecule has 2 aliphatic heterocycles. The maximum Gasteiger partial charge on any atom is 0.247 e. The maximum atomic E-state index is 13.2. The number of furan rings is 1. The van der Waals surface area contributed by atoms with Crippen molar-refractivity contribution in [2.45, 2.75) is 38.8 Å². The van der Waals surface area contributed by atoms with Crippen molar-refractivity contribution in [1.82, 2.24) is 15.1 Å². The van der Waals surface area contributed by atoms with E-state index in [2.05, 4.69) is 24.1 Å². The van der Waals surface area contributed by atoms with Gasteiger partial charge in [0.25, 0.3) is 0 Å². The molecule has 5 heteroatoms. The Bertz CT molecular complexity index is 480. The summed E-state index contributed by atoms with van der Waals surface area (Å²) >= 11 is 0. The molecule has 3 heterocycles. The van der Waals surface area contributed by atoms with E-state index >= 15 is 0 Å². The third-order valence-electron chi connectivity index (χ3n) is 5.03. The van der Waals surface area contributed by atoms with Crippen LogP contribution in [0.25, 0.3) is 0 Å². The van der Waals surface area contributed by atoms with E-state index in [9.17, 15) is 4.79 Å². The third-order valence-corrected chi connectivity index (χ3v) is 5.03. The summed E-state index contributed by atoms with van der Waals surface area (Å²) in [5.74, 6) is 1.71. The van der Waals surface area contributed by atoms with Crippen LogP contribution < -0.4 is 5.32 Å². The number of rotatable bonds is 3. The molecule has 0 bridgehead atoms. The number of carbonyl (C=O) groups excluding carboxylic acids is 1. The fourth-order valence-electron chi connectivity index (χ4n) is 3.52. The highest BCUT2D eigenvalue weighted by molar-refractivity contribution is 5.82. The van der Waals surface area contributed by atoms with Gasteiger partial charge in [-0.1, -0.05) is 6.92 Å². The molecule has 0 saturated carbocycles. The van der Waals surface area contributed by atoms with Crippen LogP contribution in [0, 0.1) is 5.92 Å². The van der Waals surface area contributed by atoms with Crippen LogP contribution in [0.5, 0.6) is 0 Å². The molecule has 5 nitrogen and oxygen atoms in total. The molecule has 122 valence electrons. The number of piperidine rings is 1. The third kappa shape index (κ3) is 3.20. The SMILES string of the molecule is CC1CCN(C(=O)C(c2ccco2)N2CCNCC2C)CC1. The summed E-state index contributed by atoms with van der Waals surface area (Å²) in [5.41, 5.74) is 0. The van der Waals surface area contributed by atoms with Crippen molar-refractivity contribution >= 4 is 5.91 Å². The predicted molar refractivity (Wildman–Crippen MR) is 85.5 cm³/mol. The van der Waals surface area contributed by atoms with Gasteiger partial charge < -0.3 is 14.6 Å². The number of nitrogens with one attached hydrogen (secondary N) is 1. The number of likely N-dealkylation sites (tertiary alicyclic amines) is 1. The number of nitrogens with zero attached hydrogens (tertiary/aromatic N) is 2. The van der Waals surface area contributed by atoms with Gasteiger partial charge in [-0.05, 0) is 37.8 Å². The summed E-state index contributed by atoms with van der Waals surface area (Å²) in [7, 11) is 0. The summed E-state index contributed by atoms with van der Waals surface area (Å²) < 4.78 is 5.62. The molecular formula is C17H27N3O2. The van der Waals surface area contributed by atoms with E-state index in [1.54, 1.807) is 6.26 Å². The van der Waals surface area contributed by atoms with Gasteiger partial charge in [-0.2, -0.15) is 0 Å². The van der Waals surface area contributed by atoms with Crippen LogP contribution in [0.1, 0.15) is 38.5 Å². The number of hydrogen-bond acceptors (Lipinski definition) is 4. The fourth-order valence-corrected chi connectivity index (χ4v) is 3.52. The first-order valence-corrected chi connectivity index (χ1v) is 8.45. The van der Waals surface area contributed by atoms with Crippen LogP contribution in [0.4, 0.5) is 0 Å². The smallest absolute Gasteiger partial charge is 0.247 e. The second-order valence-corrected chi connectivity index (χ2v) is 6.72. The fraction of sp³-hybridized carbons (Fsp3) is 0.706. The molecule has 3 rings (SSSR count). The summed E-state index contributed by atoms with van der Waals surface area (Å²) in [6.07, 6.45) is 3.88. The molecule has 2 saturated heterocycles. The van der Waals surface area contributed by atoms with Crippen molar-refractivity contribution < 1.29 is 9.21 Å². The van der Waals surface area contributed by atoms with Gasteiger partial charge in [-0.25, -0.2) is 0 Å². The average Bonchev–Trinajstić information content (AvgIpc) is 3.04. The van der Waals surface area contributed by atoms with E-state index in [-0.39, 0.29) is 11.9 Å². The minimum atomic E-state index is -0.277. The quantitative estimate of drug-likeness (QED) is 0.926. The van der Waals surface area contributed by atoms with E-state index < -0.39 is 0 Å². The van der Waals surface area contributed by atoms with Gasteiger partial charge in [0.05, 0.1) is 6.26 Å². The van der Waals surface area contributed by atoms with Gasteiger partial charge in [0.2, 0.25) is 5.91 Å². The molecule has 1 N–H and O–H groups in total. The van der Waals surface area contributed by atoms with Gasteiger partial charge in [-0.3, -0.25) is 9.69 Å². The maximum absolute atomic E-state index is 13.2. The summed E-state index contributed by atoms with van der Waals surface area (Å²) in [4.78, 5) is 17.5. The van der Waals surface area contributed by atoms with Crippen molar-refractivity contribution in [3.05, 3.63) is 24.2 Å². The lowest BCUT2D eigenvalue weighted by Crippen LogP contribution is -2.55. The van der Waals surface area contributed by atoms with Gasteiger partial charge in [-0.15, -0.1) is 0 Å². The first kappa shape index (κ1) is 15.6. The van der Waals surface area contributed by atoms with Crippen LogP contribution in [0.3, 0.4) is 0 Å². The van der Waals surface area contributed by atoms with Crippen LogP contribution in [0.2, 0.25) is 0 Å². The molecule has 1 aromatic rings. The van der Waals surface area contributed by atoms with E-state index in [1.165, 1.54) is 0 Å². The minimum absolute atomic E-state index is 0.204. The molecule has 1 aromatic heterocycles. The lowest BCUT2D eigenvalue weighted by molar-refractivity contribution is -0.140. The van der Waals surface area contributed by atoms with Crippen LogP contribution in [0.15, 0.2) is 22.8 Å². The topological polar surface area (TPSA) is 48.7 Å². The Morgan fingerprint density at radius 3 is 2.73 bits per heavy atom. The average molecular weight is 305 g/mol. The van der Waals surface area contributed by atoms with E-state index in [4.69, 9.17) is 4.42 Å². The Morgan fingerprint density at radius 1 is 1.32 bits per heavy atom. The van der Waals surface area contributed by atoms with E-state index in [0.717, 1.165) is 57.2 Å². The van der Waals surface area contributed by atoms with Crippen LogP contribution >= 0.6 is 0 Å². The first-order valence-electron chi connectivity index (χ1n) is 8.45. The predicted octanol–water partition coefficient (Wildman–Crippen LogP) is 1.87. The van der Waals surface area contributed by atoms with E-state index in [1.807, 2.05) is 17.0 Å². The highest BCUT2D eigenvalue weighted by Crippen LogP contribution is 2.28. The molecular weight excluding hydrogens is 278 g/mol. The van der Waals surface area contributed by atoms with Crippen molar-refractivity contribution in [1.29, 1.82) is 0 Å². The Kier molecular flexibility index (Phi) is 4.84. The van der Waals surface area contributed by atoms with E-state index in [0.29, 0.717) is 6.04 Å². The van der Waals surface area contributed by atoms with Crippen molar-refractivity contribution in [2.24, 2.45) is 5.92 Å². The molecule has 0 spiro atoms. The molecule has 0 aliphatic carbocycles. The van der Waals surface area contributed by atoms with Gasteiger partial charge in [0.1, 0.15) is 11.8 Å². The van der Waals surface area contributed by atoms with Crippen molar-refractivity contribution in [3.63, 3.8) is 0 Å². The summed E-state index contributed by atoms with van der Waals surface area (Å²) in [6, 6.07) is 3.86. The Balaban J connectivity index is 1.80. The number of amides is 1. The Labute approximate surface area is 132 Å². The molecule has 0 radical (unpaired) electrons. The zero-order valence-electron chi connectivity index (χ0n) is 13.6. The largest absolute Gasteiger partial charge is 0.467 e. The van der Waals surface area contributed by atoms with Gasteiger partial charge in [0.15, 0.2) is 0 Å². The van der Waals surface area contributed by atoms with Gasteiger partial charge in [0, 0.05) is 38.8 Å². The molecule has 2 aliphatic rings. The number of piperazine rings is 1. The standard InChI is InChI=1S/C17H27N3O2/c1-13-5-8-19(9-6-13)17(21)16(15-4-3-11-22-15)20-10-7-18-12-14(20)2/h3-4,11,13-14,16,18H,5-10,12H2,1-2H3. The first-order chi connectivity index (χ1) is 10.7. The van der Waals surface area contributed by atoms with Gasteiger partial charge >= 0.3 is 0 Å². The van der Waals surface area contributed by atoms with Crippen LogP contribution in [-0.4, -0.2) is 54.5 Å². The lowest BCUT2D eigenvalue weighted by atomic mass is 9.98. The molecule has 22 heavy (non-hydrogen) atoms. The zero-order chi connectivity index (χ0) is 15.5. The lowest BCUT2D eigenvalue weighted by Gasteiger charge is -2.41. The number of carbonyl (C=O) groups is 1. The Morgan fingerprint density at radius 2 is 2.09 bits per heavy atom.